The molecule has 0 unspecified atom stereocenters. The van der Waals surface area contributed by atoms with Crippen LogP contribution >= 0.6 is 0 Å². The van der Waals surface area contributed by atoms with E-state index in [4.69, 9.17) is 4.74 Å². The molecule has 0 fully saturated rings. The SMILES string of the molecule is O=C(COC(=O)c1cccc(F)c1)c1cccc([N+](=O)[O-])c1. The maximum Gasteiger partial charge on any atom is 0.338 e. The Bertz CT molecular complexity index is 744. The number of ether oxygens (including phenoxy) is 1. The highest BCUT2D eigenvalue weighted by atomic mass is 19.1. The molecular weight excluding hydrogens is 293 g/mol. The normalized spacial score (nSPS) is 10.0. The van der Waals surface area contributed by atoms with Crippen molar-refractivity contribution in [2.75, 3.05) is 6.61 Å². The van der Waals surface area contributed by atoms with Crippen LogP contribution in [0.1, 0.15) is 20.7 Å². The fourth-order valence-corrected chi connectivity index (χ4v) is 1.71. The predicted octanol–water partition coefficient (Wildman–Crippen LogP) is 2.77. The third-order valence-electron chi connectivity index (χ3n) is 2.77. The number of non-ortho nitro benzene ring substituents is 1. The molecule has 0 atom stereocenters. The van der Waals surface area contributed by atoms with Crippen molar-refractivity contribution in [1.82, 2.24) is 0 Å². The van der Waals surface area contributed by atoms with E-state index in [1.165, 1.54) is 36.4 Å². The Hall–Kier alpha value is -3.09. The van der Waals surface area contributed by atoms with Gasteiger partial charge in [-0.3, -0.25) is 14.9 Å². The standard InChI is InChI=1S/C15H10FNO5/c16-12-5-1-4-11(7-12)15(19)22-9-14(18)10-3-2-6-13(8-10)17(20)21/h1-8H,9H2. The van der Waals surface area contributed by atoms with Gasteiger partial charge in [0.25, 0.3) is 5.69 Å². The van der Waals surface area contributed by atoms with E-state index in [9.17, 15) is 24.1 Å². The summed E-state index contributed by atoms with van der Waals surface area (Å²) >= 11 is 0. The van der Waals surface area contributed by atoms with Crippen LogP contribution < -0.4 is 0 Å². The van der Waals surface area contributed by atoms with Gasteiger partial charge in [0.2, 0.25) is 5.78 Å². The molecule has 0 amide bonds. The Labute approximate surface area is 124 Å². The van der Waals surface area contributed by atoms with Crippen LogP contribution in [0.5, 0.6) is 0 Å². The van der Waals surface area contributed by atoms with E-state index in [2.05, 4.69) is 0 Å². The van der Waals surface area contributed by atoms with Gasteiger partial charge in [0.05, 0.1) is 10.5 Å². The second-order valence-electron chi connectivity index (χ2n) is 4.32. The van der Waals surface area contributed by atoms with Gasteiger partial charge in [-0.1, -0.05) is 18.2 Å². The third kappa shape index (κ3) is 3.72. The highest BCUT2D eigenvalue weighted by Crippen LogP contribution is 2.14. The number of hydrogen-bond donors (Lipinski definition) is 0. The molecule has 0 aliphatic heterocycles. The summed E-state index contributed by atoms with van der Waals surface area (Å²) in [5.74, 6) is -2.04. The molecule has 2 aromatic carbocycles. The first-order valence-electron chi connectivity index (χ1n) is 6.18. The average Bonchev–Trinajstić information content (AvgIpc) is 2.52. The van der Waals surface area contributed by atoms with E-state index >= 15 is 0 Å². The summed E-state index contributed by atoms with van der Waals surface area (Å²) in [7, 11) is 0. The molecule has 0 heterocycles. The minimum absolute atomic E-state index is 0.0214. The van der Waals surface area contributed by atoms with E-state index in [1.807, 2.05) is 0 Å². The summed E-state index contributed by atoms with van der Waals surface area (Å²) in [5, 5.41) is 10.6. The number of rotatable bonds is 5. The zero-order valence-electron chi connectivity index (χ0n) is 11.2. The molecule has 0 saturated heterocycles. The number of benzene rings is 2. The van der Waals surface area contributed by atoms with Crippen LogP contribution in [0.2, 0.25) is 0 Å². The molecule has 0 aliphatic rings. The van der Waals surface area contributed by atoms with Crippen LogP contribution in [0.4, 0.5) is 10.1 Å². The van der Waals surface area contributed by atoms with Crippen molar-refractivity contribution in [3.8, 4) is 0 Å². The van der Waals surface area contributed by atoms with Crippen LogP contribution in [0, 0.1) is 15.9 Å². The molecule has 0 aromatic heterocycles. The largest absolute Gasteiger partial charge is 0.454 e. The molecule has 22 heavy (non-hydrogen) atoms. The smallest absolute Gasteiger partial charge is 0.338 e. The van der Waals surface area contributed by atoms with Gasteiger partial charge in [-0.15, -0.1) is 0 Å². The van der Waals surface area contributed by atoms with Gasteiger partial charge in [-0.05, 0) is 18.2 Å². The van der Waals surface area contributed by atoms with Crippen LogP contribution in [0.3, 0.4) is 0 Å². The summed E-state index contributed by atoms with van der Waals surface area (Å²) in [6.45, 7) is -0.587. The Morgan fingerprint density at radius 3 is 2.45 bits per heavy atom. The molecule has 0 bridgehead atoms. The van der Waals surface area contributed by atoms with E-state index in [0.29, 0.717) is 0 Å². The van der Waals surface area contributed by atoms with Gasteiger partial charge in [0, 0.05) is 17.7 Å². The van der Waals surface area contributed by atoms with E-state index in [0.717, 1.165) is 12.1 Å². The van der Waals surface area contributed by atoms with E-state index < -0.39 is 29.1 Å². The maximum atomic E-state index is 13.0. The van der Waals surface area contributed by atoms with Crippen LogP contribution in [-0.2, 0) is 4.74 Å². The first-order valence-corrected chi connectivity index (χ1v) is 6.18. The number of ketones is 1. The lowest BCUT2D eigenvalue weighted by atomic mass is 10.1. The number of nitro benzene ring substituents is 1. The van der Waals surface area contributed by atoms with Gasteiger partial charge in [-0.2, -0.15) is 0 Å². The highest BCUT2D eigenvalue weighted by Gasteiger charge is 2.14. The topological polar surface area (TPSA) is 86.5 Å². The van der Waals surface area contributed by atoms with Crippen molar-refractivity contribution in [1.29, 1.82) is 0 Å². The second-order valence-corrected chi connectivity index (χ2v) is 4.32. The Balaban J connectivity index is 2.02. The van der Waals surface area contributed by atoms with Crippen molar-refractivity contribution in [2.45, 2.75) is 0 Å². The highest BCUT2D eigenvalue weighted by molar-refractivity contribution is 5.99. The lowest BCUT2D eigenvalue weighted by Crippen LogP contribution is -2.14. The Kier molecular flexibility index (Phi) is 4.57. The van der Waals surface area contributed by atoms with Crippen molar-refractivity contribution < 1.29 is 23.6 Å². The molecule has 0 N–H and O–H groups in total. The minimum atomic E-state index is -0.849. The number of carbonyl (C=O) groups excluding carboxylic acids is 2. The fourth-order valence-electron chi connectivity index (χ4n) is 1.71. The lowest BCUT2D eigenvalue weighted by Gasteiger charge is -2.04. The molecule has 0 aliphatic carbocycles. The zero-order chi connectivity index (χ0) is 16.1. The van der Waals surface area contributed by atoms with E-state index in [-0.39, 0.29) is 16.8 Å². The van der Waals surface area contributed by atoms with Gasteiger partial charge >= 0.3 is 5.97 Å². The summed E-state index contributed by atoms with van der Waals surface area (Å²) < 4.78 is 17.7. The lowest BCUT2D eigenvalue weighted by molar-refractivity contribution is -0.384. The Morgan fingerprint density at radius 1 is 1.09 bits per heavy atom. The monoisotopic (exact) mass is 303 g/mol. The summed E-state index contributed by atoms with van der Waals surface area (Å²) in [5.41, 5.74) is -0.199. The molecule has 0 saturated carbocycles. The van der Waals surface area contributed by atoms with Crippen LogP contribution in [-0.4, -0.2) is 23.3 Å². The summed E-state index contributed by atoms with van der Waals surface area (Å²) in [4.78, 5) is 33.5. The number of esters is 1. The minimum Gasteiger partial charge on any atom is -0.454 e. The number of Topliss-reactive ketones (excluding diaryl/α,β-unsaturated/α-hetero) is 1. The number of halogens is 1. The van der Waals surface area contributed by atoms with Crippen molar-refractivity contribution in [3.63, 3.8) is 0 Å². The molecular formula is C15H10FNO5. The number of carbonyl (C=O) groups is 2. The maximum absolute atomic E-state index is 13.0. The second kappa shape index (κ2) is 6.57. The van der Waals surface area contributed by atoms with Crippen molar-refractivity contribution >= 4 is 17.4 Å². The van der Waals surface area contributed by atoms with Crippen molar-refractivity contribution in [3.05, 3.63) is 75.6 Å². The number of nitrogens with zero attached hydrogens (tertiary/aromatic N) is 1. The van der Waals surface area contributed by atoms with Gasteiger partial charge in [0.1, 0.15) is 5.82 Å². The van der Waals surface area contributed by atoms with Gasteiger partial charge < -0.3 is 4.74 Å². The first kappa shape index (κ1) is 15.3. The molecule has 2 rings (SSSR count). The average molecular weight is 303 g/mol. The number of hydrogen-bond acceptors (Lipinski definition) is 5. The van der Waals surface area contributed by atoms with Gasteiger partial charge in [0.15, 0.2) is 6.61 Å². The van der Waals surface area contributed by atoms with Crippen molar-refractivity contribution in [2.24, 2.45) is 0 Å². The van der Waals surface area contributed by atoms with E-state index in [1.54, 1.807) is 0 Å². The third-order valence-corrected chi connectivity index (χ3v) is 2.77. The fraction of sp³-hybridized carbons (Fsp3) is 0.0667. The number of nitro groups is 1. The first-order chi connectivity index (χ1) is 10.5. The molecule has 7 heteroatoms. The van der Waals surface area contributed by atoms with Crippen LogP contribution in [0.15, 0.2) is 48.5 Å². The zero-order valence-corrected chi connectivity index (χ0v) is 11.2. The molecule has 6 nitrogen and oxygen atoms in total. The van der Waals surface area contributed by atoms with Gasteiger partial charge in [-0.25, -0.2) is 9.18 Å². The Morgan fingerprint density at radius 2 is 1.77 bits per heavy atom. The van der Waals surface area contributed by atoms with Crippen LogP contribution in [0.25, 0.3) is 0 Å². The molecule has 112 valence electrons. The molecule has 2 aromatic rings. The summed E-state index contributed by atoms with van der Waals surface area (Å²) in [6, 6.07) is 9.93. The predicted molar refractivity (Wildman–Crippen MR) is 74.1 cm³/mol. The quantitative estimate of drug-likeness (QED) is 0.367. The molecule has 0 spiro atoms. The summed E-state index contributed by atoms with van der Waals surface area (Å²) in [6.07, 6.45) is 0. The molecule has 0 radical (unpaired) electrons.